The van der Waals surface area contributed by atoms with E-state index in [0.29, 0.717) is 18.4 Å². The fourth-order valence-corrected chi connectivity index (χ4v) is 3.12. The molecule has 3 aromatic rings. The Kier molecular flexibility index (Phi) is 5.18. The van der Waals surface area contributed by atoms with Crippen molar-refractivity contribution in [1.82, 2.24) is 0 Å². The van der Waals surface area contributed by atoms with Gasteiger partial charge in [-0.2, -0.15) is 0 Å². The summed E-state index contributed by atoms with van der Waals surface area (Å²) in [5.74, 6) is -0.973. The van der Waals surface area contributed by atoms with E-state index in [4.69, 9.17) is 4.42 Å². The first-order valence-electron chi connectivity index (χ1n) is 9.12. The molecule has 5 heteroatoms. The highest BCUT2D eigenvalue weighted by Crippen LogP contribution is 2.38. The first kappa shape index (κ1) is 19.5. The van der Waals surface area contributed by atoms with E-state index in [1.807, 2.05) is 45.9 Å². The number of phenolic OH excluding ortho intramolecular Hbond substituents is 3. The molecule has 0 radical (unpaired) electrons. The normalized spacial score (nSPS) is 11.0. The molecule has 0 fully saturated rings. The number of aromatic hydroxyl groups is 3. The molecule has 0 atom stereocenters. The number of rotatable bonds is 4. The van der Waals surface area contributed by atoms with E-state index >= 15 is 0 Å². The lowest BCUT2D eigenvalue weighted by molar-refractivity contribution is 0.401. The Bertz CT molecular complexity index is 1190. The molecule has 146 valence electrons. The second kappa shape index (κ2) is 7.43. The molecule has 0 aliphatic carbocycles. The van der Waals surface area contributed by atoms with Crippen molar-refractivity contribution < 1.29 is 19.7 Å². The zero-order valence-corrected chi connectivity index (χ0v) is 16.5. The Hall–Kier alpha value is -3.21. The molecule has 0 aliphatic rings. The molecule has 0 spiro atoms. The summed E-state index contributed by atoms with van der Waals surface area (Å²) < 4.78 is 5.85. The standard InChI is InChI=1S/C23H24O5/c1-12(2)5-7-14-11-15(8-6-13(3)4)22-18(19(14)25)20(26)16-9-10-17(24)21(27)23(16)28-22/h5-6,9-11,24-25,27H,7-8H2,1-4H3. The Balaban J connectivity index is 2.44. The molecule has 0 unspecified atom stereocenters. The Labute approximate surface area is 162 Å². The second-order valence-corrected chi connectivity index (χ2v) is 7.46. The van der Waals surface area contributed by atoms with E-state index in [2.05, 4.69) is 0 Å². The van der Waals surface area contributed by atoms with Crippen LogP contribution in [-0.2, 0) is 12.8 Å². The minimum absolute atomic E-state index is 0.0904. The lowest BCUT2D eigenvalue weighted by atomic mass is 9.97. The largest absolute Gasteiger partial charge is 0.507 e. The molecule has 0 aliphatic heterocycles. The second-order valence-electron chi connectivity index (χ2n) is 7.46. The van der Waals surface area contributed by atoms with E-state index < -0.39 is 11.2 Å². The number of hydrogen-bond acceptors (Lipinski definition) is 5. The summed E-state index contributed by atoms with van der Waals surface area (Å²) in [6, 6.07) is 4.44. The molecular formula is C23H24O5. The van der Waals surface area contributed by atoms with E-state index in [1.54, 1.807) is 0 Å². The summed E-state index contributed by atoms with van der Waals surface area (Å²) in [6.45, 7) is 7.89. The number of benzene rings is 2. The van der Waals surface area contributed by atoms with Crippen molar-refractivity contribution in [2.45, 2.75) is 40.5 Å². The lowest BCUT2D eigenvalue weighted by Crippen LogP contribution is -2.06. The van der Waals surface area contributed by atoms with Crippen LogP contribution in [0.2, 0.25) is 0 Å². The summed E-state index contributed by atoms with van der Waals surface area (Å²) in [6.07, 6.45) is 4.99. The van der Waals surface area contributed by atoms with Gasteiger partial charge in [-0.25, -0.2) is 0 Å². The van der Waals surface area contributed by atoms with Crippen molar-refractivity contribution >= 4 is 21.9 Å². The maximum absolute atomic E-state index is 13.1. The van der Waals surface area contributed by atoms with E-state index in [1.165, 1.54) is 12.1 Å². The van der Waals surface area contributed by atoms with Crippen molar-refractivity contribution in [2.24, 2.45) is 0 Å². The third kappa shape index (κ3) is 3.48. The van der Waals surface area contributed by atoms with E-state index in [9.17, 15) is 20.1 Å². The van der Waals surface area contributed by atoms with Crippen LogP contribution in [0.1, 0.15) is 38.8 Å². The predicted octanol–water partition coefficient (Wildman–Crippen LogP) is 5.08. The molecule has 5 nitrogen and oxygen atoms in total. The Morgan fingerprint density at radius 2 is 1.50 bits per heavy atom. The van der Waals surface area contributed by atoms with Gasteiger partial charge in [0.05, 0.1) is 5.39 Å². The average Bonchev–Trinajstić information content (AvgIpc) is 2.63. The fraction of sp³-hybridized carbons (Fsp3) is 0.261. The van der Waals surface area contributed by atoms with E-state index in [-0.39, 0.29) is 33.4 Å². The highest BCUT2D eigenvalue weighted by Gasteiger charge is 2.20. The molecule has 0 bridgehead atoms. The van der Waals surface area contributed by atoms with Crippen LogP contribution in [0.25, 0.3) is 21.9 Å². The SMILES string of the molecule is CC(C)=CCc1cc(CC=C(C)C)c2oc3c(O)c(O)ccc3c(=O)c2c1O. The van der Waals surface area contributed by atoms with Crippen LogP contribution in [-0.4, -0.2) is 15.3 Å². The van der Waals surface area contributed by atoms with E-state index in [0.717, 1.165) is 16.7 Å². The number of fused-ring (bicyclic) bond motifs is 2. The van der Waals surface area contributed by atoms with Gasteiger partial charge in [-0.1, -0.05) is 23.3 Å². The van der Waals surface area contributed by atoms with Gasteiger partial charge in [0, 0.05) is 0 Å². The molecule has 1 heterocycles. The lowest BCUT2D eigenvalue weighted by Gasteiger charge is -2.12. The van der Waals surface area contributed by atoms with Crippen molar-refractivity contribution in [1.29, 1.82) is 0 Å². The minimum Gasteiger partial charge on any atom is -0.507 e. The smallest absolute Gasteiger partial charge is 0.204 e. The summed E-state index contributed by atoms with van der Waals surface area (Å²) >= 11 is 0. The first-order valence-corrected chi connectivity index (χ1v) is 9.12. The van der Waals surface area contributed by atoms with Gasteiger partial charge >= 0.3 is 0 Å². The van der Waals surface area contributed by atoms with Crippen LogP contribution < -0.4 is 5.43 Å². The van der Waals surface area contributed by atoms with Crippen LogP contribution >= 0.6 is 0 Å². The number of phenols is 3. The van der Waals surface area contributed by atoms with Crippen LogP contribution in [0.4, 0.5) is 0 Å². The van der Waals surface area contributed by atoms with Gasteiger partial charge in [-0.3, -0.25) is 4.79 Å². The molecule has 3 rings (SSSR count). The van der Waals surface area contributed by atoms with Gasteiger partial charge < -0.3 is 19.7 Å². The highest BCUT2D eigenvalue weighted by atomic mass is 16.4. The minimum atomic E-state index is -0.488. The van der Waals surface area contributed by atoms with Crippen LogP contribution in [0.15, 0.2) is 50.7 Å². The summed E-state index contributed by atoms with van der Waals surface area (Å²) in [7, 11) is 0. The monoisotopic (exact) mass is 380 g/mol. The quantitative estimate of drug-likeness (QED) is 0.333. The van der Waals surface area contributed by atoms with Crippen LogP contribution in [0.3, 0.4) is 0 Å². The maximum atomic E-state index is 13.1. The van der Waals surface area contributed by atoms with Gasteiger partial charge in [0.15, 0.2) is 11.3 Å². The molecule has 3 N–H and O–H groups in total. The van der Waals surface area contributed by atoms with Gasteiger partial charge in [-0.05, 0) is 69.9 Å². The molecule has 28 heavy (non-hydrogen) atoms. The van der Waals surface area contributed by atoms with Crippen molar-refractivity contribution in [3.8, 4) is 17.2 Å². The summed E-state index contributed by atoms with van der Waals surface area (Å²) in [5.41, 5.74) is 3.27. The Morgan fingerprint density at radius 1 is 0.893 bits per heavy atom. The molecule has 1 aromatic heterocycles. The van der Waals surface area contributed by atoms with Crippen molar-refractivity contribution in [3.63, 3.8) is 0 Å². The Morgan fingerprint density at radius 3 is 2.11 bits per heavy atom. The highest BCUT2D eigenvalue weighted by molar-refractivity contribution is 5.97. The first-order chi connectivity index (χ1) is 13.2. The number of allylic oxidation sites excluding steroid dienone is 4. The average molecular weight is 380 g/mol. The van der Waals surface area contributed by atoms with Gasteiger partial charge in [0.2, 0.25) is 11.2 Å². The zero-order valence-electron chi connectivity index (χ0n) is 16.5. The third-order valence-corrected chi connectivity index (χ3v) is 4.65. The number of hydrogen-bond donors (Lipinski definition) is 3. The molecule has 0 saturated carbocycles. The van der Waals surface area contributed by atoms with Crippen molar-refractivity contribution in [3.05, 3.63) is 62.8 Å². The zero-order chi connectivity index (χ0) is 20.6. The predicted molar refractivity (Wildman–Crippen MR) is 111 cm³/mol. The molecule has 0 amide bonds. The molecular weight excluding hydrogens is 356 g/mol. The third-order valence-electron chi connectivity index (χ3n) is 4.65. The van der Waals surface area contributed by atoms with Gasteiger partial charge in [-0.15, -0.1) is 0 Å². The summed E-state index contributed by atoms with van der Waals surface area (Å²) in [4.78, 5) is 13.1. The van der Waals surface area contributed by atoms with Crippen LogP contribution in [0.5, 0.6) is 17.2 Å². The van der Waals surface area contributed by atoms with Crippen LogP contribution in [0, 0.1) is 0 Å². The van der Waals surface area contributed by atoms with Crippen molar-refractivity contribution in [2.75, 3.05) is 0 Å². The molecule has 2 aromatic carbocycles. The van der Waals surface area contributed by atoms with Gasteiger partial charge in [0.1, 0.15) is 16.7 Å². The topological polar surface area (TPSA) is 90.9 Å². The summed E-state index contributed by atoms with van der Waals surface area (Å²) in [5, 5.41) is 30.9. The van der Waals surface area contributed by atoms with Gasteiger partial charge in [0.25, 0.3) is 0 Å². The fourth-order valence-electron chi connectivity index (χ4n) is 3.12. The molecule has 0 saturated heterocycles. The maximum Gasteiger partial charge on any atom is 0.204 e.